The molecular weight excluding hydrogens is 384 g/mol. The van der Waals surface area contributed by atoms with E-state index in [0.717, 1.165) is 61.8 Å². The summed E-state index contributed by atoms with van der Waals surface area (Å²) in [4.78, 5) is 40.6. The number of carbonyl (C=O) groups excluding carboxylic acids is 2. The van der Waals surface area contributed by atoms with Gasteiger partial charge in [0.1, 0.15) is 5.82 Å². The molecule has 0 radical (unpaired) electrons. The lowest BCUT2D eigenvalue weighted by molar-refractivity contribution is -0.134. The van der Waals surface area contributed by atoms with Crippen LogP contribution in [0.4, 0.5) is 5.82 Å². The molecular formula is C21H32N6O3. The number of hydrogen-bond acceptors (Lipinski definition) is 7. The van der Waals surface area contributed by atoms with E-state index in [-0.39, 0.29) is 17.9 Å². The standard InChI is InChI=1S/C21H32N6O3/c1-15(28)27-7-4-3-5-18(27)21-23-17-6-8-26(13-16(17)20(22-2)24-21)19(29)14-25-9-11-30-12-10-25/h18H,3-14H2,1-2H3,(H,22,23,24). The Morgan fingerprint density at radius 2 is 1.93 bits per heavy atom. The number of carbonyl (C=O) groups is 2. The average Bonchev–Trinajstić information content (AvgIpc) is 2.78. The fraction of sp³-hybridized carbons (Fsp3) is 0.714. The Hall–Kier alpha value is -2.26. The maximum atomic E-state index is 12.8. The van der Waals surface area contributed by atoms with Crippen LogP contribution in [-0.4, -0.2) is 89.5 Å². The average molecular weight is 417 g/mol. The molecule has 3 aliphatic heterocycles. The van der Waals surface area contributed by atoms with E-state index in [4.69, 9.17) is 14.7 Å². The highest BCUT2D eigenvalue weighted by molar-refractivity contribution is 5.79. The van der Waals surface area contributed by atoms with E-state index in [1.807, 2.05) is 16.8 Å². The number of fused-ring (bicyclic) bond motifs is 1. The Bertz CT molecular complexity index is 778. The van der Waals surface area contributed by atoms with Crippen molar-refractivity contribution in [1.29, 1.82) is 0 Å². The molecule has 4 heterocycles. The first-order valence-electron chi connectivity index (χ1n) is 11.0. The molecule has 1 unspecified atom stereocenters. The zero-order valence-corrected chi connectivity index (χ0v) is 18.0. The van der Waals surface area contributed by atoms with Crippen molar-refractivity contribution in [3.05, 3.63) is 17.1 Å². The van der Waals surface area contributed by atoms with Gasteiger partial charge in [-0.2, -0.15) is 0 Å². The second kappa shape index (κ2) is 9.26. The summed E-state index contributed by atoms with van der Waals surface area (Å²) >= 11 is 0. The highest BCUT2D eigenvalue weighted by atomic mass is 16.5. The van der Waals surface area contributed by atoms with Gasteiger partial charge in [0.05, 0.1) is 38.0 Å². The van der Waals surface area contributed by atoms with Gasteiger partial charge in [-0.1, -0.05) is 0 Å². The largest absolute Gasteiger partial charge is 0.379 e. The van der Waals surface area contributed by atoms with Crippen LogP contribution in [0.2, 0.25) is 0 Å². The number of likely N-dealkylation sites (tertiary alicyclic amines) is 1. The van der Waals surface area contributed by atoms with Crippen LogP contribution in [0.5, 0.6) is 0 Å². The van der Waals surface area contributed by atoms with E-state index in [1.54, 1.807) is 6.92 Å². The van der Waals surface area contributed by atoms with Crippen LogP contribution >= 0.6 is 0 Å². The summed E-state index contributed by atoms with van der Waals surface area (Å²) in [7, 11) is 1.85. The number of nitrogens with one attached hydrogen (secondary N) is 1. The number of nitrogens with zero attached hydrogens (tertiary/aromatic N) is 5. The fourth-order valence-electron chi connectivity index (χ4n) is 4.63. The van der Waals surface area contributed by atoms with Crippen LogP contribution in [0.3, 0.4) is 0 Å². The van der Waals surface area contributed by atoms with Gasteiger partial charge in [0.2, 0.25) is 11.8 Å². The molecule has 2 saturated heterocycles. The van der Waals surface area contributed by atoms with Crippen LogP contribution in [0.25, 0.3) is 0 Å². The minimum absolute atomic E-state index is 0.0605. The molecule has 1 N–H and O–H groups in total. The van der Waals surface area contributed by atoms with Crippen molar-refractivity contribution >= 4 is 17.6 Å². The molecule has 9 nitrogen and oxygen atoms in total. The van der Waals surface area contributed by atoms with Crippen LogP contribution in [0.15, 0.2) is 0 Å². The molecule has 4 rings (SSSR count). The van der Waals surface area contributed by atoms with Gasteiger partial charge in [-0.3, -0.25) is 14.5 Å². The third-order valence-corrected chi connectivity index (χ3v) is 6.33. The van der Waals surface area contributed by atoms with Gasteiger partial charge < -0.3 is 19.9 Å². The molecule has 30 heavy (non-hydrogen) atoms. The van der Waals surface area contributed by atoms with Gasteiger partial charge in [-0.15, -0.1) is 0 Å². The lowest BCUT2D eigenvalue weighted by Gasteiger charge is -2.36. The van der Waals surface area contributed by atoms with Crippen LogP contribution < -0.4 is 5.32 Å². The fourth-order valence-corrected chi connectivity index (χ4v) is 4.63. The first kappa shape index (κ1) is 21.0. The topological polar surface area (TPSA) is 90.9 Å². The summed E-state index contributed by atoms with van der Waals surface area (Å²) in [5.74, 6) is 1.71. The minimum atomic E-state index is -0.0605. The van der Waals surface area contributed by atoms with Gasteiger partial charge in [0.25, 0.3) is 0 Å². The van der Waals surface area contributed by atoms with Gasteiger partial charge in [-0.05, 0) is 19.3 Å². The molecule has 0 spiro atoms. The SMILES string of the molecule is CNc1nc(C2CCCCN2C(C)=O)nc2c1CN(C(=O)CN1CCOCC1)CC2. The molecule has 0 bridgehead atoms. The van der Waals surface area contributed by atoms with E-state index in [2.05, 4.69) is 10.2 Å². The van der Waals surface area contributed by atoms with Crippen LogP contribution in [-0.2, 0) is 27.3 Å². The monoisotopic (exact) mass is 416 g/mol. The van der Waals surface area contributed by atoms with Crippen LogP contribution in [0.1, 0.15) is 49.3 Å². The number of ether oxygens (including phenoxy) is 1. The molecule has 9 heteroatoms. The minimum Gasteiger partial charge on any atom is -0.379 e. The Kier molecular flexibility index (Phi) is 6.48. The van der Waals surface area contributed by atoms with E-state index in [9.17, 15) is 9.59 Å². The zero-order valence-electron chi connectivity index (χ0n) is 18.0. The summed E-state index contributed by atoms with van der Waals surface area (Å²) in [5, 5.41) is 3.20. The normalized spacial score (nSPS) is 22.5. The predicted octanol–water partition coefficient (Wildman–Crippen LogP) is 0.809. The molecule has 2 amide bonds. The van der Waals surface area contributed by atoms with Gasteiger partial charge in [0, 0.05) is 52.1 Å². The second-order valence-corrected chi connectivity index (χ2v) is 8.28. The smallest absolute Gasteiger partial charge is 0.237 e. The Morgan fingerprint density at radius 1 is 1.13 bits per heavy atom. The number of rotatable bonds is 4. The summed E-state index contributed by atoms with van der Waals surface area (Å²) < 4.78 is 5.37. The lowest BCUT2D eigenvalue weighted by atomic mass is 10.00. The quantitative estimate of drug-likeness (QED) is 0.777. The third kappa shape index (κ3) is 4.41. The molecule has 0 aliphatic carbocycles. The van der Waals surface area contributed by atoms with Crippen molar-refractivity contribution < 1.29 is 14.3 Å². The van der Waals surface area contributed by atoms with E-state index < -0.39 is 0 Å². The van der Waals surface area contributed by atoms with Crippen molar-refractivity contribution in [3.63, 3.8) is 0 Å². The molecule has 3 aliphatic rings. The molecule has 0 saturated carbocycles. The van der Waals surface area contributed by atoms with Crippen molar-refractivity contribution in [3.8, 4) is 0 Å². The number of hydrogen-bond donors (Lipinski definition) is 1. The molecule has 1 atom stereocenters. The van der Waals surface area contributed by atoms with Gasteiger partial charge >= 0.3 is 0 Å². The maximum absolute atomic E-state index is 12.8. The summed E-state index contributed by atoms with van der Waals surface area (Å²) in [6.45, 7) is 6.99. The summed E-state index contributed by atoms with van der Waals surface area (Å²) in [5.41, 5.74) is 1.99. The summed E-state index contributed by atoms with van der Waals surface area (Å²) in [6.07, 6.45) is 3.71. The lowest BCUT2D eigenvalue weighted by Crippen LogP contribution is -2.46. The van der Waals surface area contributed by atoms with Crippen molar-refractivity contribution in [1.82, 2.24) is 24.7 Å². The van der Waals surface area contributed by atoms with E-state index in [0.29, 0.717) is 39.3 Å². The zero-order chi connectivity index (χ0) is 21.1. The van der Waals surface area contributed by atoms with Gasteiger partial charge in [-0.25, -0.2) is 9.97 Å². The van der Waals surface area contributed by atoms with Crippen molar-refractivity contribution in [2.75, 3.05) is 58.3 Å². The van der Waals surface area contributed by atoms with E-state index >= 15 is 0 Å². The number of piperidine rings is 1. The van der Waals surface area contributed by atoms with E-state index in [1.165, 1.54) is 0 Å². The molecule has 2 fully saturated rings. The first-order chi connectivity index (χ1) is 14.6. The number of amides is 2. The maximum Gasteiger partial charge on any atom is 0.237 e. The third-order valence-electron chi connectivity index (χ3n) is 6.33. The molecule has 0 aromatic carbocycles. The van der Waals surface area contributed by atoms with Crippen molar-refractivity contribution in [2.45, 2.75) is 45.2 Å². The van der Waals surface area contributed by atoms with Crippen LogP contribution in [0, 0.1) is 0 Å². The molecule has 164 valence electrons. The number of anilines is 1. The van der Waals surface area contributed by atoms with Gasteiger partial charge in [0.15, 0.2) is 5.82 Å². The highest BCUT2D eigenvalue weighted by Gasteiger charge is 2.32. The number of aromatic nitrogens is 2. The Labute approximate surface area is 177 Å². The summed E-state index contributed by atoms with van der Waals surface area (Å²) in [6, 6.07) is -0.0605. The molecule has 1 aromatic heterocycles. The Morgan fingerprint density at radius 3 is 2.67 bits per heavy atom. The second-order valence-electron chi connectivity index (χ2n) is 8.28. The molecule has 1 aromatic rings. The highest BCUT2D eigenvalue weighted by Crippen LogP contribution is 2.32. The van der Waals surface area contributed by atoms with Crippen molar-refractivity contribution in [2.24, 2.45) is 0 Å². The predicted molar refractivity (Wildman–Crippen MR) is 112 cm³/mol. The first-order valence-corrected chi connectivity index (χ1v) is 11.0. The Balaban J connectivity index is 1.51. The number of morpholine rings is 1.